The summed E-state index contributed by atoms with van der Waals surface area (Å²) < 4.78 is 12.9. The van der Waals surface area contributed by atoms with E-state index in [0.717, 1.165) is 94.1 Å². The standard InChI is InChI=1S/C55H33N5O2/c1-5-14-35(15-6-1)50-49-44-33-41(29-31-46(44)62-55(49)60-51(56-50)36-16-7-2-8-17-36)40-28-30-45-43(32-40)48-42(22-13-23-47(48)61-45)34-24-26-39(27-25-34)54-58-52(37-18-9-3-10-19-37)57-53(59-54)38-20-11-4-12-21-38/h1-33H. The van der Waals surface area contributed by atoms with Crippen LogP contribution >= 0.6 is 0 Å². The van der Waals surface area contributed by atoms with E-state index in [1.165, 1.54) is 0 Å². The average Bonchev–Trinajstić information content (AvgIpc) is 3.92. The van der Waals surface area contributed by atoms with Crippen molar-refractivity contribution in [1.82, 2.24) is 24.9 Å². The first kappa shape index (κ1) is 35.4. The number of nitrogens with zero attached hydrogens (tertiary/aromatic N) is 5. The zero-order valence-electron chi connectivity index (χ0n) is 33.1. The molecule has 0 N–H and O–H groups in total. The number of benzene rings is 8. The molecule has 7 heteroatoms. The summed E-state index contributed by atoms with van der Waals surface area (Å²) in [6, 6.07) is 67.8. The zero-order valence-corrected chi connectivity index (χ0v) is 33.1. The molecule has 290 valence electrons. The molecular weight excluding hydrogens is 763 g/mol. The monoisotopic (exact) mass is 795 g/mol. The molecule has 0 unspecified atom stereocenters. The highest BCUT2D eigenvalue weighted by atomic mass is 16.3. The Morgan fingerprint density at radius 1 is 0.274 bits per heavy atom. The van der Waals surface area contributed by atoms with E-state index in [2.05, 4.69) is 72.8 Å². The van der Waals surface area contributed by atoms with Crippen molar-refractivity contribution in [3.63, 3.8) is 0 Å². The fraction of sp³-hybridized carbons (Fsp3) is 0. The van der Waals surface area contributed by atoms with Gasteiger partial charge in [0.05, 0.1) is 11.1 Å². The summed E-state index contributed by atoms with van der Waals surface area (Å²) >= 11 is 0. The van der Waals surface area contributed by atoms with Gasteiger partial charge < -0.3 is 8.83 Å². The molecule has 0 atom stereocenters. The van der Waals surface area contributed by atoms with Crippen LogP contribution in [-0.4, -0.2) is 24.9 Å². The fourth-order valence-electron chi connectivity index (χ4n) is 8.36. The summed E-state index contributed by atoms with van der Waals surface area (Å²) in [4.78, 5) is 24.8. The van der Waals surface area contributed by atoms with E-state index >= 15 is 0 Å². The summed E-state index contributed by atoms with van der Waals surface area (Å²) in [7, 11) is 0. The maximum atomic E-state index is 6.48. The molecule has 0 amide bonds. The van der Waals surface area contributed by atoms with Gasteiger partial charge in [-0.05, 0) is 52.6 Å². The third-order valence-corrected chi connectivity index (χ3v) is 11.4. The first-order valence-corrected chi connectivity index (χ1v) is 20.5. The fourth-order valence-corrected chi connectivity index (χ4v) is 8.36. The normalized spacial score (nSPS) is 11.5. The van der Waals surface area contributed by atoms with Gasteiger partial charge in [-0.3, -0.25) is 0 Å². The second-order valence-corrected chi connectivity index (χ2v) is 15.2. The van der Waals surface area contributed by atoms with E-state index in [1.54, 1.807) is 0 Å². The van der Waals surface area contributed by atoms with E-state index in [1.807, 2.05) is 127 Å². The van der Waals surface area contributed by atoms with Crippen LogP contribution in [0.25, 0.3) is 123 Å². The molecule has 0 saturated carbocycles. The molecule has 4 heterocycles. The lowest BCUT2D eigenvalue weighted by Gasteiger charge is -2.09. The summed E-state index contributed by atoms with van der Waals surface area (Å²) in [6.45, 7) is 0. The molecule has 8 aromatic carbocycles. The van der Waals surface area contributed by atoms with Crippen molar-refractivity contribution in [2.24, 2.45) is 0 Å². The van der Waals surface area contributed by atoms with Gasteiger partial charge in [-0.1, -0.05) is 170 Å². The molecule has 4 aromatic heterocycles. The molecule has 0 bridgehead atoms. The number of hydrogen-bond acceptors (Lipinski definition) is 7. The highest BCUT2D eigenvalue weighted by Gasteiger charge is 2.20. The maximum Gasteiger partial charge on any atom is 0.231 e. The molecule has 62 heavy (non-hydrogen) atoms. The lowest BCUT2D eigenvalue weighted by molar-refractivity contribution is 0.653. The van der Waals surface area contributed by atoms with Crippen LogP contribution in [0.1, 0.15) is 0 Å². The number of fused-ring (bicyclic) bond motifs is 6. The van der Waals surface area contributed by atoms with Crippen molar-refractivity contribution in [3.05, 3.63) is 200 Å². The first-order chi connectivity index (χ1) is 30.7. The molecule has 12 aromatic rings. The van der Waals surface area contributed by atoms with Crippen LogP contribution in [0.4, 0.5) is 0 Å². The largest absolute Gasteiger partial charge is 0.456 e. The Labute approximate surface area is 355 Å². The maximum absolute atomic E-state index is 6.48. The van der Waals surface area contributed by atoms with Gasteiger partial charge in [-0.2, -0.15) is 4.98 Å². The second-order valence-electron chi connectivity index (χ2n) is 15.2. The molecular formula is C55H33N5O2. The number of hydrogen-bond donors (Lipinski definition) is 0. The lowest BCUT2D eigenvalue weighted by Crippen LogP contribution is -2.00. The lowest BCUT2D eigenvalue weighted by atomic mass is 9.96. The van der Waals surface area contributed by atoms with Crippen molar-refractivity contribution in [2.75, 3.05) is 0 Å². The van der Waals surface area contributed by atoms with Gasteiger partial charge in [0.15, 0.2) is 23.3 Å². The quantitative estimate of drug-likeness (QED) is 0.159. The number of rotatable bonds is 7. The molecule has 12 rings (SSSR count). The van der Waals surface area contributed by atoms with E-state index in [9.17, 15) is 0 Å². The van der Waals surface area contributed by atoms with Crippen LogP contribution < -0.4 is 0 Å². The van der Waals surface area contributed by atoms with Gasteiger partial charge in [0.25, 0.3) is 0 Å². The molecule has 0 radical (unpaired) electrons. The van der Waals surface area contributed by atoms with E-state index in [-0.39, 0.29) is 0 Å². The highest BCUT2D eigenvalue weighted by molar-refractivity contribution is 6.14. The third-order valence-electron chi connectivity index (χ3n) is 11.4. The van der Waals surface area contributed by atoms with Crippen molar-refractivity contribution < 1.29 is 8.83 Å². The van der Waals surface area contributed by atoms with Crippen LogP contribution in [0.5, 0.6) is 0 Å². The minimum atomic E-state index is 0.556. The highest BCUT2D eigenvalue weighted by Crippen LogP contribution is 2.41. The molecule has 0 aliphatic heterocycles. The van der Waals surface area contributed by atoms with Gasteiger partial charge in [0.1, 0.15) is 16.7 Å². The SMILES string of the molecule is c1ccc(-c2nc(-c3ccccc3)nc(-c3ccc(-c4cccc5oc6ccc(-c7ccc8oc9nc(-c%10ccccc%10)nc(-c%10ccccc%10)c9c8c7)cc6c45)cc3)n2)cc1. The summed E-state index contributed by atoms with van der Waals surface area (Å²) in [5.74, 6) is 2.50. The first-order valence-electron chi connectivity index (χ1n) is 20.5. The Balaban J connectivity index is 0.950. The molecule has 0 fully saturated rings. The van der Waals surface area contributed by atoms with Crippen LogP contribution in [0.3, 0.4) is 0 Å². The van der Waals surface area contributed by atoms with Crippen LogP contribution in [-0.2, 0) is 0 Å². The molecule has 0 aliphatic rings. The minimum Gasteiger partial charge on any atom is -0.456 e. The number of aromatic nitrogens is 5. The van der Waals surface area contributed by atoms with E-state index in [4.69, 9.17) is 33.8 Å². The Kier molecular flexibility index (Phi) is 8.35. The Morgan fingerprint density at radius 3 is 1.26 bits per heavy atom. The average molecular weight is 796 g/mol. The van der Waals surface area contributed by atoms with Crippen molar-refractivity contribution in [1.29, 1.82) is 0 Å². The zero-order chi connectivity index (χ0) is 41.0. The Morgan fingerprint density at radius 2 is 0.710 bits per heavy atom. The van der Waals surface area contributed by atoms with Gasteiger partial charge in [-0.25, -0.2) is 19.9 Å². The van der Waals surface area contributed by atoms with Crippen LogP contribution in [0, 0.1) is 0 Å². The summed E-state index contributed by atoms with van der Waals surface area (Å²) in [5.41, 5.74) is 12.7. The van der Waals surface area contributed by atoms with Gasteiger partial charge in [-0.15, -0.1) is 0 Å². The van der Waals surface area contributed by atoms with Crippen LogP contribution in [0.15, 0.2) is 209 Å². The second kappa shape index (κ2) is 14.6. The number of furan rings is 2. The summed E-state index contributed by atoms with van der Waals surface area (Å²) in [6.07, 6.45) is 0. The Hall–Kier alpha value is -8.55. The molecule has 0 spiro atoms. The Bertz CT molecular complexity index is 3550. The van der Waals surface area contributed by atoms with Gasteiger partial charge in [0.2, 0.25) is 5.71 Å². The van der Waals surface area contributed by atoms with Crippen molar-refractivity contribution in [2.45, 2.75) is 0 Å². The van der Waals surface area contributed by atoms with E-state index in [0.29, 0.717) is 29.0 Å². The molecule has 0 aliphatic carbocycles. The van der Waals surface area contributed by atoms with Crippen molar-refractivity contribution in [3.8, 4) is 79.1 Å². The van der Waals surface area contributed by atoms with Gasteiger partial charge in [0, 0.05) is 44.0 Å². The smallest absolute Gasteiger partial charge is 0.231 e. The van der Waals surface area contributed by atoms with Gasteiger partial charge >= 0.3 is 0 Å². The predicted molar refractivity (Wildman–Crippen MR) is 248 cm³/mol. The molecule has 7 nitrogen and oxygen atoms in total. The predicted octanol–water partition coefficient (Wildman–Crippen LogP) is 14.1. The third kappa shape index (κ3) is 6.19. The van der Waals surface area contributed by atoms with E-state index < -0.39 is 0 Å². The van der Waals surface area contributed by atoms with Crippen LogP contribution in [0.2, 0.25) is 0 Å². The minimum absolute atomic E-state index is 0.556. The van der Waals surface area contributed by atoms with Crippen molar-refractivity contribution >= 4 is 44.0 Å². The topological polar surface area (TPSA) is 90.7 Å². The molecule has 0 saturated heterocycles. The summed E-state index contributed by atoms with van der Waals surface area (Å²) in [5, 5.41) is 3.93.